The average Bonchev–Trinajstić information content (AvgIpc) is 3.38. The van der Waals surface area contributed by atoms with E-state index in [-0.39, 0.29) is 23.4 Å². The lowest BCUT2D eigenvalue weighted by atomic mass is 10.2. The number of sulfonamides is 1. The number of hydrazine groups is 1. The largest absolute Gasteiger partial charge is 0.331 e. The highest BCUT2D eigenvalue weighted by atomic mass is 32.2. The molecule has 26 heavy (non-hydrogen) atoms. The Morgan fingerprint density at radius 3 is 2.58 bits per heavy atom. The molecule has 0 bridgehead atoms. The van der Waals surface area contributed by atoms with Gasteiger partial charge in [-0.05, 0) is 31.0 Å². The zero-order chi connectivity index (χ0) is 19.1. The molecule has 142 valence electrons. The van der Waals surface area contributed by atoms with Gasteiger partial charge in [0.2, 0.25) is 10.0 Å². The molecule has 1 saturated carbocycles. The van der Waals surface area contributed by atoms with Crippen LogP contribution in [0.1, 0.15) is 12.8 Å². The van der Waals surface area contributed by atoms with Crippen LogP contribution in [0.2, 0.25) is 0 Å². The van der Waals surface area contributed by atoms with Gasteiger partial charge in [0.25, 0.3) is 5.56 Å². The highest BCUT2D eigenvalue weighted by Crippen LogP contribution is 2.37. The summed E-state index contributed by atoms with van der Waals surface area (Å²) in [7, 11) is -2.50. The van der Waals surface area contributed by atoms with Crippen LogP contribution in [0.3, 0.4) is 0 Å². The Balaban J connectivity index is 2.13. The molecule has 0 spiro atoms. The van der Waals surface area contributed by atoms with Crippen molar-refractivity contribution in [3.8, 4) is 0 Å². The minimum absolute atomic E-state index is 0.0398. The molecule has 1 aromatic heterocycles. The number of aryl methyl sites for hydroxylation is 1. The van der Waals surface area contributed by atoms with Crippen molar-refractivity contribution in [2.75, 3.05) is 13.2 Å². The lowest BCUT2D eigenvalue weighted by Gasteiger charge is -2.15. The molecule has 3 rings (SSSR count). The number of fused-ring (bicyclic) bond motifs is 1. The van der Waals surface area contributed by atoms with E-state index < -0.39 is 33.5 Å². The summed E-state index contributed by atoms with van der Waals surface area (Å²) in [5.74, 6) is 5.19. The number of hydrogen-bond donors (Lipinski definition) is 3. The molecule has 0 saturated heterocycles. The maximum absolute atomic E-state index is 13.0. The molecule has 0 amide bonds. The predicted octanol–water partition coefficient (Wildman–Crippen LogP) is -1.06. The van der Waals surface area contributed by atoms with E-state index in [1.807, 2.05) is 0 Å². The summed E-state index contributed by atoms with van der Waals surface area (Å²) < 4.78 is 42.7. The van der Waals surface area contributed by atoms with Crippen LogP contribution in [0.25, 0.3) is 10.9 Å². The highest BCUT2D eigenvalue weighted by molar-refractivity contribution is 7.89. The van der Waals surface area contributed by atoms with Crippen LogP contribution in [-0.2, 0) is 23.6 Å². The number of halogens is 1. The molecule has 1 aromatic carbocycles. The van der Waals surface area contributed by atoms with Crippen molar-refractivity contribution in [2.24, 2.45) is 12.9 Å². The van der Waals surface area contributed by atoms with Gasteiger partial charge in [-0.15, -0.1) is 0 Å². The molecule has 1 aliphatic carbocycles. The van der Waals surface area contributed by atoms with E-state index in [1.165, 1.54) is 29.8 Å². The second kappa shape index (κ2) is 6.58. The van der Waals surface area contributed by atoms with Crippen molar-refractivity contribution in [1.82, 2.24) is 19.3 Å². The highest BCUT2D eigenvalue weighted by Gasteiger charge is 2.46. The van der Waals surface area contributed by atoms with Crippen LogP contribution in [0, 0.1) is 0 Å². The summed E-state index contributed by atoms with van der Waals surface area (Å²) in [6.45, 7) is -0.551. The van der Waals surface area contributed by atoms with Crippen molar-refractivity contribution in [3.63, 3.8) is 0 Å². The van der Waals surface area contributed by atoms with E-state index in [4.69, 9.17) is 5.84 Å². The van der Waals surface area contributed by atoms with Crippen LogP contribution in [0.5, 0.6) is 0 Å². The van der Waals surface area contributed by atoms with Crippen LogP contribution < -0.4 is 27.2 Å². The molecule has 4 N–H and O–H groups in total. The molecule has 0 unspecified atom stereocenters. The molecule has 2 aromatic rings. The van der Waals surface area contributed by atoms with Gasteiger partial charge in [0.05, 0.1) is 21.3 Å². The van der Waals surface area contributed by atoms with E-state index in [0.717, 1.165) is 4.57 Å². The second-order valence-electron chi connectivity index (χ2n) is 6.45. The Bertz CT molecular complexity index is 1070. The molecular weight excluding hydrogens is 365 g/mol. The standard InChI is InChI=1S/C15H20FN5O4S/c1-20-12-3-2-10(26(24,25)19-15(9-16)4-5-15)8-11(12)13(22)21(14(20)23)7-6-18-17/h2-3,8,18-19H,4-7,9,17H2,1H3. The number of benzene rings is 1. The number of nitrogens with two attached hydrogens (primary N) is 1. The molecule has 9 nitrogen and oxygen atoms in total. The van der Waals surface area contributed by atoms with Gasteiger partial charge in [-0.1, -0.05) is 0 Å². The summed E-state index contributed by atoms with van der Waals surface area (Å²) >= 11 is 0. The molecule has 11 heteroatoms. The molecule has 1 aliphatic rings. The fourth-order valence-corrected chi connectivity index (χ4v) is 4.26. The summed E-state index contributed by atoms with van der Waals surface area (Å²) in [4.78, 5) is 24.8. The van der Waals surface area contributed by atoms with Crippen LogP contribution in [-0.4, -0.2) is 36.3 Å². The summed E-state index contributed by atoms with van der Waals surface area (Å²) in [6, 6.07) is 3.90. The van der Waals surface area contributed by atoms with Gasteiger partial charge in [-0.2, -0.15) is 0 Å². The third-order valence-corrected chi connectivity index (χ3v) is 6.15. The molecule has 0 radical (unpaired) electrons. The van der Waals surface area contributed by atoms with Crippen molar-refractivity contribution in [1.29, 1.82) is 0 Å². The first kappa shape index (κ1) is 18.7. The Morgan fingerprint density at radius 2 is 2.00 bits per heavy atom. The molecule has 1 heterocycles. The van der Waals surface area contributed by atoms with Crippen LogP contribution in [0.15, 0.2) is 32.7 Å². The summed E-state index contributed by atoms with van der Waals surface area (Å²) in [6.07, 6.45) is 0.868. The number of rotatable bonds is 7. The lowest BCUT2D eigenvalue weighted by Crippen LogP contribution is -2.42. The SMILES string of the molecule is Cn1c(=O)n(CCNN)c(=O)c2cc(S(=O)(=O)NC3(CF)CC3)ccc21. The van der Waals surface area contributed by atoms with E-state index in [2.05, 4.69) is 10.1 Å². The van der Waals surface area contributed by atoms with Crippen molar-refractivity contribution in [2.45, 2.75) is 29.8 Å². The van der Waals surface area contributed by atoms with Crippen molar-refractivity contribution in [3.05, 3.63) is 39.0 Å². The normalized spacial score (nSPS) is 16.1. The van der Waals surface area contributed by atoms with Crippen LogP contribution >= 0.6 is 0 Å². The van der Waals surface area contributed by atoms with E-state index in [9.17, 15) is 22.4 Å². The van der Waals surface area contributed by atoms with E-state index in [1.54, 1.807) is 0 Å². The van der Waals surface area contributed by atoms with Gasteiger partial charge in [0.1, 0.15) is 6.67 Å². The quantitative estimate of drug-likeness (QED) is 0.412. The van der Waals surface area contributed by atoms with E-state index in [0.29, 0.717) is 18.4 Å². The lowest BCUT2D eigenvalue weighted by molar-refractivity contribution is 0.393. The fraction of sp³-hybridized carbons (Fsp3) is 0.467. The molecule has 0 aliphatic heterocycles. The minimum atomic E-state index is -3.99. The van der Waals surface area contributed by atoms with Gasteiger partial charge in [0.15, 0.2) is 0 Å². The Kier molecular flexibility index (Phi) is 4.73. The number of hydrogen-bond acceptors (Lipinski definition) is 6. The topological polar surface area (TPSA) is 128 Å². The van der Waals surface area contributed by atoms with Gasteiger partial charge in [-0.25, -0.2) is 22.3 Å². The maximum Gasteiger partial charge on any atom is 0.331 e. The van der Waals surface area contributed by atoms with Gasteiger partial charge in [0, 0.05) is 20.1 Å². The Hall–Kier alpha value is -2.08. The van der Waals surface area contributed by atoms with Crippen LogP contribution in [0.4, 0.5) is 4.39 Å². The van der Waals surface area contributed by atoms with Gasteiger partial charge >= 0.3 is 5.69 Å². The Morgan fingerprint density at radius 1 is 1.31 bits per heavy atom. The first-order valence-corrected chi connectivity index (χ1v) is 9.50. The predicted molar refractivity (Wildman–Crippen MR) is 93.9 cm³/mol. The molecule has 0 atom stereocenters. The Labute approximate surface area is 148 Å². The fourth-order valence-electron chi connectivity index (χ4n) is 2.79. The summed E-state index contributed by atoms with van der Waals surface area (Å²) in [5, 5.41) is 0.0806. The average molecular weight is 385 g/mol. The monoisotopic (exact) mass is 385 g/mol. The van der Waals surface area contributed by atoms with E-state index >= 15 is 0 Å². The number of nitrogens with one attached hydrogen (secondary N) is 2. The van der Waals surface area contributed by atoms with Crippen molar-refractivity contribution >= 4 is 20.9 Å². The third kappa shape index (κ3) is 3.18. The smallest absolute Gasteiger partial charge is 0.296 e. The minimum Gasteiger partial charge on any atom is -0.296 e. The van der Waals surface area contributed by atoms with Crippen molar-refractivity contribution < 1.29 is 12.8 Å². The zero-order valence-electron chi connectivity index (χ0n) is 14.2. The molecular formula is C15H20FN5O4S. The zero-order valence-corrected chi connectivity index (χ0v) is 15.0. The third-order valence-electron chi connectivity index (χ3n) is 4.57. The number of alkyl halides is 1. The number of aromatic nitrogens is 2. The molecule has 1 fully saturated rings. The van der Waals surface area contributed by atoms with Gasteiger partial charge in [-0.3, -0.25) is 25.2 Å². The maximum atomic E-state index is 13.0. The first-order chi connectivity index (χ1) is 12.2. The summed E-state index contributed by atoms with van der Waals surface area (Å²) in [5.41, 5.74) is 0.498. The second-order valence-corrected chi connectivity index (χ2v) is 8.13. The number of nitrogens with zero attached hydrogens (tertiary/aromatic N) is 2. The first-order valence-electron chi connectivity index (χ1n) is 8.02. The van der Waals surface area contributed by atoms with Gasteiger partial charge < -0.3 is 0 Å².